The zero-order valence-electron chi connectivity index (χ0n) is 16.5. The normalized spacial score (nSPS) is 13.3. The monoisotopic (exact) mass is 419 g/mol. The zero-order chi connectivity index (χ0) is 21.8. The molecule has 3 aromatic rings. The van der Waals surface area contributed by atoms with Crippen LogP contribution < -0.4 is 20.5 Å². The molecule has 0 spiro atoms. The van der Waals surface area contributed by atoms with Crippen LogP contribution in [0, 0.1) is 12.7 Å². The summed E-state index contributed by atoms with van der Waals surface area (Å²) < 4.78 is 18.5. The summed E-state index contributed by atoms with van der Waals surface area (Å²) in [4.78, 5) is 32.9. The van der Waals surface area contributed by atoms with Gasteiger partial charge in [-0.05, 0) is 49.4 Å². The van der Waals surface area contributed by atoms with Crippen molar-refractivity contribution in [1.29, 1.82) is 0 Å². The van der Waals surface area contributed by atoms with Crippen LogP contribution in [0.1, 0.15) is 5.56 Å². The third kappa shape index (κ3) is 4.84. The van der Waals surface area contributed by atoms with Crippen molar-refractivity contribution < 1.29 is 18.7 Å². The van der Waals surface area contributed by atoms with Crippen molar-refractivity contribution in [3.8, 4) is 11.6 Å². The van der Waals surface area contributed by atoms with Gasteiger partial charge >= 0.3 is 0 Å². The van der Waals surface area contributed by atoms with Crippen LogP contribution in [-0.4, -0.2) is 29.2 Å². The molecule has 1 aliphatic heterocycles. The first-order valence-electron chi connectivity index (χ1n) is 9.39. The van der Waals surface area contributed by atoms with E-state index in [0.29, 0.717) is 17.1 Å². The molecule has 1 aliphatic rings. The van der Waals surface area contributed by atoms with E-state index in [-0.39, 0.29) is 30.0 Å². The van der Waals surface area contributed by atoms with Gasteiger partial charge in [0.05, 0.1) is 17.6 Å². The Hall–Kier alpha value is -4.27. The zero-order valence-corrected chi connectivity index (χ0v) is 16.5. The highest BCUT2D eigenvalue weighted by atomic mass is 19.1. The lowest BCUT2D eigenvalue weighted by atomic mass is 10.2. The van der Waals surface area contributed by atoms with Gasteiger partial charge in [0.25, 0.3) is 11.8 Å². The first-order chi connectivity index (χ1) is 15.0. The van der Waals surface area contributed by atoms with Crippen LogP contribution in [0.4, 0.5) is 15.8 Å². The second-order valence-corrected chi connectivity index (χ2v) is 6.74. The Morgan fingerprint density at radius 2 is 1.84 bits per heavy atom. The number of anilines is 2. The highest BCUT2D eigenvalue weighted by Gasteiger charge is 2.25. The van der Waals surface area contributed by atoms with Crippen molar-refractivity contribution in [2.24, 2.45) is 4.99 Å². The number of carbonyl (C=O) groups excluding carboxylic acids is 2. The fourth-order valence-corrected chi connectivity index (χ4v) is 2.77. The average Bonchev–Trinajstić information content (AvgIpc) is 2.78. The molecule has 2 aromatic carbocycles. The second-order valence-electron chi connectivity index (χ2n) is 6.74. The van der Waals surface area contributed by atoms with Crippen LogP contribution in [0.15, 0.2) is 71.9 Å². The van der Waals surface area contributed by atoms with Gasteiger partial charge in [0.2, 0.25) is 11.7 Å². The number of aliphatic imine (C=N–C) groups is 1. The summed E-state index contributed by atoms with van der Waals surface area (Å²) in [5.74, 6) is -0.420. The number of amides is 2. The van der Waals surface area contributed by atoms with E-state index in [1.807, 2.05) is 19.1 Å². The number of halogens is 1. The summed E-state index contributed by atoms with van der Waals surface area (Å²) in [5.41, 5.74) is 4.84. The molecule has 1 aromatic heterocycles. The van der Waals surface area contributed by atoms with Crippen molar-refractivity contribution in [1.82, 2.24) is 10.4 Å². The minimum atomic E-state index is -0.515. The van der Waals surface area contributed by atoms with Gasteiger partial charge in [-0.1, -0.05) is 17.7 Å². The number of benzene rings is 2. The smallest absolute Gasteiger partial charge is 0.292 e. The molecule has 4 rings (SSSR count). The Bertz CT molecular complexity index is 1130. The maximum absolute atomic E-state index is 13.0. The number of ether oxygens (including phenoxy) is 1. The van der Waals surface area contributed by atoms with E-state index >= 15 is 0 Å². The maximum Gasteiger partial charge on any atom is 0.292 e. The molecule has 0 unspecified atom stereocenters. The number of amidine groups is 1. The van der Waals surface area contributed by atoms with E-state index < -0.39 is 5.91 Å². The number of carbonyl (C=O) groups is 2. The Labute approximate surface area is 177 Å². The van der Waals surface area contributed by atoms with E-state index in [1.54, 1.807) is 24.3 Å². The molecule has 9 heteroatoms. The molecule has 2 N–H and O–H groups in total. The van der Waals surface area contributed by atoms with Crippen LogP contribution in [-0.2, 0) is 9.59 Å². The molecule has 0 saturated carbocycles. The molecule has 0 fully saturated rings. The third-order valence-electron chi connectivity index (χ3n) is 4.38. The number of hydrogen-bond donors (Lipinski definition) is 2. The molecule has 2 amide bonds. The van der Waals surface area contributed by atoms with Crippen LogP contribution in [0.5, 0.6) is 11.6 Å². The van der Waals surface area contributed by atoms with E-state index in [4.69, 9.17) is 4.74 Å². The Kier molecular flexibility index (Phi) is 5.57. The van der Waals surface area contributed by atoms with Gasteiger partial charge in [-0.15, -0.1) is 0 Å². The number of aryl methyl sites for hydroxylation is 1. The molecule has 0 aliphatic carbocycles. The summed E-state index contributed by atoms with van der Waals surface area (Å²) in [6.45, 7) is 1.80. The quantitative estimate of drug-likeness (QED) is 0.662. The fourth-order valence-electron chi connectivity index (χ4n) is 2.77. The van der Waals surface area contributed by atoms with E-state index in [1.165, 1.54) is 35.5 Å². The number of nitrogens with one attached hydrogen (secondary N) is 2. The number of rotatable bonds is 5. The van der Waals surface area contributed by atoms with Crippen molar-refractivity contribution >= 4 is 29.0 Å². The Morgan fingerprint density at radius 1 is 1.10 bits per heavy atom. The molecule has 0 bridgehead atoms. The maximum atomic E-state index is 13.0. The van der Waals surface area contributed by atoms with Gasteiger partial charge < -0.3 is 10.1 Å². The molecule has 0 atom stereocenters. The van der Waals surface area contributed by atoms with Gasteiger partial charge in [-0.25, -0.2) is 14.4 Å². The fraction of sp³-hybridized carbons (Fsp3) is 0.0909. The summed E-state index contributed by atoms with van der Waals surface area (Å²) in [7, 11) is 0. The Balaban J connectivity index is 1.40. The lowest BCUT2D eigenvalue weighted by Crippen LogP contribution is -2.54. The third-order valence-corrected chi connectivity index (χ3v) is 4.38. The topological polar surface area (TPSA) is 95.9 Å². The van der Waals surface area contributed by atoms with Gasteiger partial charge in [0, 0.05) is 6.07 Å². The van der Waals surface area contributed by atoms with Crippen LogP contribution in [0.3, 0.4) is 0 Å². The number of pyridine rings is 1. The predicted molar refractivity (Wildman–Crippen MR) is 113 cm³/mol. The summed E-state index contributed by atoms with van der Waals surface area (Å²) in [6, 6.07) is 16.0. The number of hydrazine groups is 1. The van der Waals surface area contributed by atoms with Crippen molar-refractivity contribution in [2.75, 3.05) is 16.9 Å². The number of hydrogen-bond acceptors (Lipinski definition) is 6. The standard InChI is InChI=1S/C22H18FN5O3/c1-14-2-7-17(8-3-14)28-20(29)13-25-21(27-28)22(30)26-16-6-11-19(24-12-16)31-18-9-4-15(23)5-10-18/h2-12H,13H2,1H3,(H,25,27)(H,26,30). The molecule has 2 heterocycles. The van der Waals surface area contributed by atoms with Gasteiger partial charge in [-0.3, -0.25) is 20.0 Å². The largest absolute Gasteiger partial charge is 0.439 e. The summed E-state index contributed by atoms with van der Waals surface area (Å²) >= 11 is 0. The molecular weight excluding hydrogens is 401 g/mol. The van der Waals surface area contributed by atoms with Crippen molar-refractivity contribution in [3.05, 3.63) is 78.2 Å². The van der Waals surface area contributed by atoms with E-state index in [9.17, 15) is 14.0 Å². The molecule has 8 nitrogen and oxygen atoms in total. The van der Waals surface area contributed by atoms with Crippen LogP contribution >= 0.6 is 0 Å². The van der Waals surface area contributed by atoms with Gasteiger partial charge in [0.1, 0.15) is 18.1 Å². The molecular formula is C22H18FN5O3. The number of aromatic nitrogens is 1. The molecule has 0 radical (unpaired) electrons. The van der Waals surface area contributed by atoms with Gasteiger partial charge in [-0.2, -0.15) is 0 Å². The van der Waals surface area contributed by atoms with E-state index in [0.717, 1.165) is 5.56 Å². The van der Waals surface area contributed by atoms with Crippen molar-refractivity contribution in [3.63, 3.8) is 0 Å². The minimum absolute atomic E-state index is 0.00631. The first-order valence-corrected chi connectivity index (χ1v) is 9.39. The van der Waals surface area contributed by atoms with Crippen LogP contribution in [0.2, 0.25) is 0 Å². The highest BCUT2D eigenvalue weighted by molar-refractivity contribution is 6.43. The Morgan fingerprint density at radius 3 is 2.52 bits per heavy atom. The van der Waals surface area contributed by atoms with Crippen molar-refractivity contribution in [2.45, 2.75) is 6.92 Å². The minimum Gasteiger partial charge on any atom is -0.439 e. The lowest BCUT2D eigenvalue weighted by Gasteiger charge is -2.27. The molecule has 31 heavy (non-hydrogen) atoms. The average molecular weight is 419 g/mol. The van der Waals surface area contributed by atoms with Gasteiger partial charge in [0.15, 0.2) is 0 Å². The lowest BCUT2D eigenvalue weighted by molar-refractivity contribution is -0.118. The predicted octanol–water partition coefficient (Wildman–Crippen LogP) is 3.21. The molecule has 0 saturated heterocycles. The summed E-state index contributed by atoms with van der Waals surface area (Å²) in [6.07, 6.45) is 1.42. The number of nitrogens with zero attached hydrogens (tertiary/aromatic N) is 3. The first kappa shape index (κ1) is 20.0. The second kappa shape index (κ2) is 8.62. The van der Waals surface area contributed by atoms with E-state index in [2.05, 4.69) is 20.7 Å². The SMILES string of the molecule is Cc1ccc(N2NC(C(=O)Nc3ccc(Oc4ccc(F)cc4)nc3)=NCC2=O)cc1. The van der Waals surface area contributed by atoms with Crippen LogP contribution in [0.25, 0.3) is 0 Å². The summed E-state index contributed by atoms with van der Waals surface area (Å²) in [5, 5.41) is 3.96. The highest BCUT2D eigenvalue weighted by Crippen LogP contribution is 2.21. The molecule has 156 valence electrons.